The van der Waals surface area contributed by atoms with Gasteiger partial charge in [0.15, 0.2) is 11.5 Å². The van der Waals surface area contributed by atoms with Crippen LogP contribution in [0, 0.1) is 11.7 Å². The van der Waals surface area contributed by atoms with Gasteiger partial charge in [0.1, 0.15) is 0 Å². The Morgan fingerprint density at radius 2 is 2.06 bits per heavy atom. The van der Waals surface area contributed by atoms with Gasteiger partial charge in [0.05, 0.1) is 24.5 Å². The van der Waals surface area contributed by atoms with Crippen molar-refractivity contribution in [2.45, 2.75) is 30.7 Å². The number of carbonyl (C=O) groups excluding carboxylic acids is 2. The Labute approximate surface area is 189 Å². The number of aromatic amines is 1. The van der Waals surface area contributed by atoms with Gasteiger partial charge >= 0.3 is 0 Å². The van der Waals surface area contributed by atoms with E-state index in [4.69, 9.17) is 10.5 Å². The number of H-pyrrole nitrogens is 1. The normalized spacial score (nSPS) is 24.0. The van der Waals surface area contributed by atoms with Crippen LogP contribution in [0.25, 0.3) is 11.3 Å². The number of nitrogens with one attached hydrogen (secondary N) is 1. The molecule has 1 spiro atoms. The summed E-state index contributed by atoms with van der Waals surface area (Å²) < 4.78 is 19.4. The van der Waals surface area contributed by atoms with Gasteiger partial charge in [0.2, 0.25) is 11.8 Å². The van der Waals surface area contributed by atoms with E-state index in [2.05, 4.69) is 20.2 Å². The summed E-state index contributed by atoms with van der Waals surface area (Å²) in [5, 5.41) is 6.91. The fourth-order valence-electron chi connectivity index (χ4n) is 4.98. The van der Waals surface area contributed by atoms with E-state index in [-0.39, 0.29) is 40.8 Å². The number of rotatable bonds is 5. The minimum atomic E-state index is -0.558. The molecule has 5 rings (SSSR count). The van der Waals surface area contributed by atoms with Gasteiger partial charge in [0.25, 0.3) is 5.91 Å². The molecule has 9 nitrogen and oxygen atoms in total. The Bertz CT molecular complexity index is 1220. The molecule has 0 aromatic carbocycles. The Balaban J connectivity index is 1.45. The molecule has 4 heterocycles. The molecule has 170 valence electrons. The summed E-state index contributed by atoms with van der Waals surface area (Å²) in [7, 11) is 1.44. The monoisotopic (exact) mass is 450 g/mol. The SMILES string of the molecule is COc1cc(-c2cc(C(=O)N3CCC(C(N)=O)CC34CC4c3ccncc3)n[nH]2)c(F)cn1. The van der Waals surface area contributed by atoms with Gasteiger partial charge in [0, 0.05) is 42.4 Å². The van der Waals surface area contributed by atoms with Crippen molar-refractivity contribution in [2.24, 2.45) is 11.7 Å². The second kappa shape index (κ2) is 7.95. The van der Waals surface area contributed by atoms with E-state index in [9.17, 15) is 14.0 Å². The number of methoxy groups -OCH3 is 1. The Kier molecular flexibility index (Phi) is 5.07. The maximum atomic E-state index is 14.3. The highest BCUT2D eigenvalue weighted by Gasteiger charge is 2.62. The maximum absolute atomic E-state index is 14.3. The van der Waals surface area contributed by atoms with Crippen molar-refractivity contribution < 1.29 is 18.7 Å². The lowest BCUT2D eigenvalue weighted by molar-refractivity contribution is -0.124. The predicted molar refractivity (Wildman–Crippen MR) is 116 cm³/mol. The number of nitrogens with zero attached hydrogens (tertiary/aromatic N) is 4. The summed E-state index contributed by atoms with van der Waals surface area (Å²) >= 11 is 0. The van der Waals surface area contributed by atoms with E-state index in [0.717, 1.165) is 18.2 Å². The van der Waals surface area contributed by atoms with Crippen LogP contribution in [-0.2, 0) is 4.79 Å². The van der Waals surface area contributed by atoms with Crippen LogP contribution in [0.4, 0.5) is 4.39 Å². The fraction of sp³-hybridized carbons (Fsp3) is 0.348. The highest BCUT2D eigenvalue weighted by Crippen LogP contribution is 2.60. The Hall–Kier alpha value is -3.82. The third kappa shape index (κ3) is 3.61. The molecule has 3 unspecified atom stereocenters. The Morgan fingerprint density at radius 3 is 2.79 bits per heavy atom. The first-order valence-electron chi connectivity index (χ1n) is 10.7. The molecule has 0 radical (unpaired) electrons. The molecule has 0 bridgehead atoms. The molecule has 1 saturated carbocycles. The van der Waals surface area contributed by atoms with Crippen LogP contribution in [0.2, 0.25) is 0 Å². The van der Waals surface area contributed by atoms with E-state index >= 15 is 0 Å². The molecule has 1 aliphatic heterocycles. The first-order chi connectivity index (χ1) is 15.9. The van der Waals surface area contributed by atoms with Gasteiger partial charge in [-0.25, -0.2) is 9.37 Å². The number of hydrogen-bond acceptors (Lipinski definition) is 6. The topological polar surface area (TPSA) is 127 Å². The van der Waals surface area contributed by atoms with Gasteiger partial charge in [-0.15, -0.1) is 0 Å². The summed E-state index contributed by atoms with van der Waals surface area (Å²) in [5.74, 6) is -1.11. The van der Waals surface area contributed by atoms with Crippen molar-refractivity contribution >= 4 is 11.8 Å². The number of piperidine rings is 1. The van der Waals surface area contributed by atoms with Gasteiger partial charge in [-0.05, 0) is 43.0 Å². The number of ether oxygens (including phenoxy) is 1. The number of hydrogen-bond donors (Lipinski definition) is 2. The molecular weight excluding hydrogens is 427 g/mol. The molecule has 3 N–H and O–H groups in total. The van der Waals surface area contributed by atoms with Crippen molar-refractivity contribution in [3.05, 3.63) is 59.9 Å². The Morgan fingerprint density at radius 1 is 1.27 bits per heavy atom. The third-order valence-corrected chi connectivity index (χ3v) is 6.77. The molecule has 3 atom stereocenters. The molecule has 2 fully saturated rings. The number of amides is 2. The van der Waals surface area contributed by atoms with Crippen molar-refractivity contribution in [2.75, 3.05) is 13.7 Å². The zero-order chi connectivity index (χ0) is 23.2. The van der Waals surface area contributed by atoms with Crippen LogP contribution in [0.15, 0.2) is 42.9 Å². The third-order valence-electron chi connectivity index (χ3n) is 6.77. The van der Waals surface area contributed by atoms with Crippen LogP contribution in [0.1, 0.15) is 41.2 Å². The van der Waals surface area contributed by atoms with Gasteiger partial charge in [-0.2, -0.15) is 5.10 Å². The molecule has 1 saturated heterocycles. The molecule has 2 amide bonds. The summed E-state index contributed by atoms with van der Waals surface area (Å²) in [6.07, 6.45) is 6.25. The summed E-state index contributed by atoms with van der Waals surface area (Å²) in [6, 6.07) is 6.83. The minimum Gasteiger partial charge on any atom is -0.481 e. The van der Waals surface area contributed by atoms with E-state index in [1.165, 1.54) is 19.2 Å². The van der Waals surface area contributed by atoms with Crippen molar-refractivity contribution in [1.29, 1.82) is 0 Å². The van der Waals surface area contributed by atoms with Gasteiger partial charge in [-0.1, -0.05) is 0 Å². The summed E-state index contributed by atoms with van der Waals surface area (Å²) in [4.78, 5) is 35.2. The number of nitrogens with two attached hydrogens (primary N) is 1. The van der Waals surface area contributed by atoms with Crippen LogP contribution in [0.5, 0.6) is 5.88 Å². The molecular formula is C23H23FN6O3. The molecule has 10 heteroatoms. The summed E-state index contributed by atoms with van der Waals surface area (Å²) in [6.45, 7) is 0.396. The first-order valence-corrected chi connectivity index (χ1v) is 10.7. The van der Waals surface area contributed by atoms with E-state index in [1.54, 1.807) is 17.3 Å². The highest BCUT2D eigenvalue weighted by atomic mass is 19.1. The molecule has 33 heavy (non-hydrogen) atoms. The second-order valence-corrected chi connectivity index (χ2v) is 8.56. The number of carbonyl (C=O) groups is 2. The van der Waals surface area contributed by atoms with Gasteiger partial charge in [-0.3, -0.25) is 19.7 Å². The van der Waals surface area contributed by atoms with Crippen molar-refractivity contribution in [1.82, 2.24) is 25.1 Å². The van der Waals surface area contributed by atoms with Crippen LogP contribution in [-0.4, -0.2) is 56.1 Å². The smallest absolute Gasteiger partial charge is 0.274 e. The lowest BCUT2D eigenvalue weighted by Gasteiger charge is -2.40. The standard InChI is InChI=1S/C23H23FN6O3/c1-33-20-8-15(17(24)12-27-20)18-9-19(29-28-18)22(32)30-7-4-14(21(25)31)10-23(30)11-16(23)13-2-5-26-6-3-13/h2-3,5-6,8-9,12,14,16H,4,7,10-11H2,1H3,(H2,25,31)(H,28,29). The van der Waals surface area contributed by atoms with Crippen molar-refractivity contribution in [3.63, 3.8) is 0 Å². The zero-order valence-electron chi connectivity index (χ0n) is 18.0. The predicted octanol–water partition coefficient (Wildman–Crippen LogP) is 2.28. The average molecular weight is 450 g/mol. The lowest BCUT2D eigenvalue weighted by Crippen LogP contribution is -2.51. The number of halogens is 1. The molecule has 3 aromatic rings. The zero-order valence-corrected chi connectivity index (χ0v) is 18.0. The number of pyridine rings is 2. The average Bonchev–Trinajstić information content (AvgIpc) is 3.31. The van der Waals surface area contributed by atoms with E-state index in [1.807, 2.05) is 12.1 Å². The maximum Gasteiger partial charge on any atom is 0.274 e. The molecule has 3 aromatic heterocycles. The highest BCUT2D eigenvalue weighted by molar-refractivity contribution is 5.95. The quantitative estimate of drug-likeness (QED) is 0.614. The first kappa shape index (κ1) is 21.0. The summed E-state index contributed by atoms with van der Waals surface area (Å²) in [5.41, 5.74) is 6.92. The van der Waals surface area contributed by atoms with Crippen LogP contribution >= 0.6 is 0 Å². The van der Waals surface area contributed by atoms with Gasteiger partial charge < -0.3 is 15.4 Å². The van der Waals surface area contributed by atoms with Crippen LogP contribution in [0.3, 0.4) is 0 Å². The second-order valence-electron chi connectivity index (χ2n) is 8.56. The fourth-order valence-corrected chi connectivity index (χ4v) is 4.98. The number of likely N-dealkylation sites (tertiary alicyclic amines) is 1. The van der Waals surface area contributed by atoms with E-state index < -0.39 is 11.4 Å². The minimum absolute atomic E-state index is 0.0897. The number of aromatic nitrogens is 4. The largest absolute Gasteiger partial charge is 0.481 e. The molecule has 1 aliphatic carbocycles. The number of primary amides is 1. The van der Waals surface area contributed by atoms with Crippen molar-refractivity contribution in [3.8, 4) is 17.1 Å². The molecule has 2 aliphatic rings. The van der Waals surface area contributed by atoms with Crippen LogP contribution < -0.4 is 10.5 Å². The lowest BCUT2D eigenvalue weighted by atomic mass is 9.86. The van der Waals surface area contributed by atoms with E-state index in [0.29, 0.717) is 25.1 Å².